The average molecular weight is 234 g/mol. The molecule has 3 nitrogen and oxygen atoms in total. The van der Waals surface area contributed by atoms with Gasteiger partial charge < -0.3 is 15.0 Å². The Bertz CT molecular complexity index is 348. The van der Waals surface area contributed by atoms with E-state index < -0.39 is 0 Å². The van der Waals surface area contributed by atoms with Gasteiger partial charge in [0.15, 0.2) is 0 Å². The minimum absolute atomic E-state index is 0.471. The van der Waals surface area contributed by atoms with Crippen molar-refractivity contribution >= 4 is 0 Å². The Morgan fingerprint density at radius 1 is 1.47 bits per heavy atom. The van der Waals surface area contributed by atoms with Gasteiger partial charge in [-0.25, -0.2) is 0 Å². The Morgan fingerprint density at radius 3 is 3.06 bits per heavy atom. The summed E-state index contributed by atoms with van der Waals surface area (Å²) in [7, 11) is 2.17. The molecule has 1 aromatic rings. The van der Waals surface area contributed by atoms with E-state index in [9.17, 15) is 0 Å². The summed E-state index contributed by atoms with van der Waals surface area (Å²) in [5, 5.41) is 3.48. The molecule has 0 bridgehead atoms. The van der Waals surface area contributed by atoms with Crippen LogP contribution in [0, 0.1) is 6.92 Å². The fourth-order valence-electron chi connectivity index (χ4n) is 2.30. The Hall–Kier alpha value is -0.900. The predicted molar refractivity (Wildman–Crippen MR) is 70.1 cm³/mol. The molecule has 17 heavy (non-hydrogen) atoms. The molecule has 1 aliphatic rings. The maximum Gasteiger partial charge on any atom is 0.0632 e. The van der Waals surface area contributed by atoms with E-state index in [1.165, 1.54) is 11.1 Å². The average Bonchev–Trinajstić information content (AvgIpc) is 2.30. The lowest BCUT2D eigenvalue weighted by Gasteiger charge is -2.28. The lowest BCUT2D eigenvalue weighted by atomic mass is 10.1. The van der Waals surface area contributed by atoms with Crippen molar-refractivity contribution in [2.24, 2.45) is 0 Å². The first-order valence-electron chi connectivity index (χ1n) is 6.29. The number of aryl methyl sites for hydroxylation is 1. The molecule has 3 heteroatoms. The van der Waals surface area contributed by atoms with Crippen LogP contribution in [-0.4, -0.2) is 44.3 Å². The maximum absolute atomic E-state index is 5.46. The molecule has 1 N–H and O–H groups in total. The van der Waals surface area contributed by atoms with Crippen LogP contribution in [0.4, 0.5) is 0 Å². The van der Waals surface area contributed by atoms with Crippen molar-refractivity contribution in [3.8, 4) is 0 Å². The molecule has 1 aliphatic heterocycles. The number of hydrogen-bond acceptors (Lipinski definition) is 3. The van der Waals surface area contributed by atoms with Crippen LogP contribution < -0.4 is 5.32 Å². The number of nitrogens with one attached hydrogen (secondary N) is 1. The van der Waals surface area contributed by atoms with Crippen LogP contribution in [0.15, 0.2) is 24.3 Å². The van der Waals surface area contributed by atoms with Crippen molar-refractivity contribution in [2.75, 3.05) is 33.4 Å². The number of nitrogens with zero attached hydrogens (tertiary/aromatic N) is 1. The van der Waals surface area contributed by atoms with Crippen LogP contribution in [0.25, 0.3) is 0 Å². The SMILES string of the molecule is Cc1cccc(CN(C)CC2COCCN2)c1. The first kappa shape index (κ1) is 12.6. The highest BCUT2D eigenvalue weighted by molar-refractivity contribution is 5.22. The third-order valence-corrected chi connectivity index (χ3v) is 3.07. The molecule has 1 fully saturated rings. The number of likely N-dealkylation sites (N-methyl/N-ethyl adjacent to an activating group) is 1. The number of rotatable bonds is 4. The summed E-state index contributed by atoms with van der Waals surface area (Å²) in [6.45, 7) is 6.83. The van der Waals surface area contributed by atoms with E-state index in [2.05, 4.69) is 48.5 Å². The summed E-state index contributed by atoms with van der Waals surface area (Å²) >= 11 is 0. The molecule has 1 unspecified atom stereocenters. The molecule has 2 rings (SSSR count). The predicted octanol–water partition coefficient (Wildman–Crippen LogP) is 1.42. The summed E-state index contributed by atoms with van der Waals surface area (Å²) < 4.78 is 5.46. The van der Waals surface area contributed by atoms with Gasteiger partial charge in [0.1, 0.15) is 0 Å². The second kappa shape index (κ2) is 6.15. The van der Waals surface area contributed by atoms with Gasteiger partial charge >= 0.3 is 0 Å². The van der Waals surface area contributed by atoms with E-state index in [1.54, 1.807) is 0 Å². The topological polar surface area (TPSA) is 24.5 Å². The van der Waals surface area contributed by atoms with Gasteiger partial charge in [-0.05, 0) is 19.5 Å². The molecular formula is C14H22N2O. The molecule has 0 aliphatic carbocycles. The highest BCUT2D eigenvalue weighted by Gasteiger charge is 2.14. The van der Waals surface area contributed by atoms with E-state index in [1.807, 2.05) is 0 Å². The van der Waals surface area contributed by atoms with E-state index in [4.69, 9.17) is 4.74 Å². The van der Waals surface area contributed by atoms with Gasteiger partial charge in [-0.1, -0.05) is 29.8 Å². The van der Waals surface area contributed by atoms with Crippen LogP contribution in [-0.2, 0) is 11.3 Å². The number of ether oxygens (including phenoxy) is 1. The monoisotopic (exact) mass is 234 g/mol. The van der Waals surface area contributed by atoms with Gasteiger partial charge in [-0.3, -0.25) is 0 Å². The van der Waals surface area contributed by atoms with Crippen molar-refractivity contribution in [3.05, 3.63) is 35.4 Å². The van der Waals surface area contributed by atoms with E-state index in [0.29, 0.717) is 6.04 Å². The fraction of sp³-hybridized carbons (Fsp3) is 0.571. The maximum atomic E-state index is 5.46. The Balaban J connectivity index is 1.82. The van der Waals surface area contributed by atoms with Gasteiger partial charge in [0, 0.05) is 25.7 Å². The largest absolute Gasteiger partial charge is 0.378 e. The zero-order valence-electron chi connectivity index (χ0n) is 10.8. The normalized spacial score (nSPS) is 20.8. The molecule has 1 aromatic carbocycles. The Morgan fingerprint density at radius 2 is 2.35 bits per heavy atom. The zero-order valence-corrected chi connectivity index (χ0v) is 10.8. The van der Waals surface area contributed by atoms with Gasteiger partial charge in [-0.15, -0.1) is 0 Å². The molecule has 1 heterocycles. The van der Waals surface area contributed by atoms with Crippen LogP contribution >= 0.6 is 0 Å². The lowest BCUT2D eigenvalue weighted by molar-refractivity contribution is 0.0645. The molecule has 0 amide bonds. The van der Waals surface area contributed by atoms with Crippen LogP contribution in [0.5, 0.6) is 0 Å². The second-order valence-corrected chi connectivity index (χ2v) is 4.91. The highest BCUT2D eigenvalue weighted by atomic mass is 16.5. The fourth-order valence-corrected chi connectivity index (χ4v) is 2.30. The standard InChI is InChI=1S/C14H22N2O/c1-12-4-3-5-13(8-12)9-16(2)10-14-11-17-7-6-15-14/h3-5,8,14-15H,6-7,9-11H2,1-2H3. The highest BCUT2D eigenvalue weighted by Crippen LogP contribution is 2.07. The molecule has 1 saturated heterocycles. The van der Waals surface area contributed by atoms with Crippen LogP contribution in [0.1, 0.15) is 11.1 Å². The Labute approximate surface area is 104 Å². The summed E-state index contributed by atoms with van der Waals surface area (Å²) in [4.78, 5) is 2.35. The second-order valence-electron chi connectivity index (χ2n) is 4.91. The molecule has 1 atom stereocenters. The summed E-state index contributed by atoms with van der Waals surface area (Å²) in [5.74, 6) is 0. The number of hydrogen-bond donors (Lipinski definition) is 1. The van der Waals surface area contributed by atoms with Crippen molar-refractivity contribution in [2.45, 2.75) is 19.5 Å². The molecular weight excluding hydrogens is 212 g/mol. The van der Waals surface area contributed by atoms with Crippen LogP contribution in [0.3, 0.4) is 0 Å². The summed E-state index contributed by atoms with van der Waals surface area (Å²) in [6, 6.07) is 9.18. The van der Waals surface area contributed by atoms with Gasteiger partial charge in [0.2, 0.25) is 0 Å². The number of benzene rings is 1. The van der Waals surface area contributed by atoms with Crippen molar-refractivity contribution in [1.29, 1.82) is 0 Å². The summed E-state index contributed by atoms with van der Waals surface area (Å²) in [6.07, 6.45) is 0. The van der Waals surface area contributed by atoms with Crippen molar-refractivity contribution in [3.63, 3.8) is 0 Å². The minimum Gasteiger partial charge on any atom is -0.378 e. The zero-order chi connectivity index (χ0) is 12.1. The van der Waals surface area contributed by atoms with E-state index in [-0.39, 0.29) is 0 Å². The third-order valence-electron chi connectivity index (χ3n) is 3.07. The molecule has 0 saturated carbocycles. The first-order chi connectivity index (χ1) is 8.24. The minimum atomic E-state index is 0.471. The first-order valence-corrected chi connectivity index (χ1v) is 6.29. The van der Waals surface area contributed by atoms with Crippen LogP contribution in [0.2, 0.25) is 0 Å². The van der Waals surface area contributed by atoms with E-state index in [0.717, 1.165) is 32.8 Å². The van der Waals surface area contributed by atoms with Gasteiger partial charge in [0.05, 0.1) is 13.2 Å². The Kier molecular flexibility index (Phi) is 4.54. The van der Waals surface area contributed by atoms with Gasteiger partial charge in [0.25, 0.3) is 0 Å². The molecule has 0 spiro atoms. The summed E-state index contributed by atoms with van der Waals surface area (Å²) in [5.41, 5.74) is 2.71. The quantitative estimate of drug-likeness (QED) is 0.852. The smallest absolute Gasteiger partial charge is 0.0632 e. The van der Waals surface area contributed by atoms with Crippen molar-refractivity contribution in [1.82, 2.24) is 10.2 Å². The van der Waals surface area contributed by atoms with E-state index >= 15 is 0 Å². The molecule has 0 radical (unpaired) electrons. The third kappa shape index (κ3) is 4.11. The lowest BCUT2D eigenvalue weighted by Crippen LogP contribution is -2.47. The van der Waals surface area contributed by atoms with Crippen molar-refractivity contribution < 1.29 is 4.74 Å². The van der Waals surface area contributed by atoms with Gasteiger partial charge in [-0.2, -0.15) is 0 Å². The molecule has 94 valence electrons. The molecule has 0 aromatic heterocycles. The number of morpholine rings is 1.